The minimum atomic E-state index is -1.42. The van der Waals surface area contributed by atoms with Crippen LogP contribution in [0.1, 0.15) is 31.1 Å². The highest BCUT2D eigenvalue weighted by Gasteiger charge is 2.38. The van der Waals surface area contributed by atoms with Crippen molar-refractivity contribution in [3.63, 3.8) is 0 Å². The largest absolute Gasteiger partial charge is 0.464 e. The van der Waals surface area contributed by atoms with Crippen LogP contribution >= 0.6 is 0 Å². The minimum absolute atomic E-state index is 0.0400. The van der Waals surface area contributed by atoms with Crippen molar-refractivity contribution >= 4 is 17.6 Å². The van der Waals surface area contributed by atoms with Gasteiger partial charge in [0.2, 0.25) is 0 Å². The van der Waals surface area contributed by atoms with Crippen molar-refractivity contribution in [1.82, 2.24) is 5.32 Å². The van der Waals surface area contributed by atoms with Gasteiger partial charge >= 0.3 is 5.97 Å². The predicted octanol–water partition coefficient (Wildman–Crippen LogP) is 2.01. The summed E-state index contributed by atoms with van der Waals surface area (Å²) in [6, 6.07) is 3.51. The summed E-state index contributed by atoms with van der Waals surface area (Å²) in [4.78, 5) is 34.5. The molecule has 1 N–H and O–H groups in total. The molecule has 0 heterocycles. The van der Waals surface area contributed by atoms with Crippen molar-refractivity contribution in [2.45, 2.75) is 26.3 Å². The van der Waals surface area contributed by atoms with Crippen molar-refractivity contribution in [2.75, 3.05) is 18.7 Å². The van der Waals surface area contributed by atoms with Gasteiger partial charge in [-0.25, -0.2) is 14.2 Å². The second-order valence-electron chi connectivity index (χ2n) is 4.92. The molecule has 0 aliphatic carbocycles. The number of ether oxygens (including phenoxy) is 1. The van der Waals surface area contributed by atoms with Gasteiger partial charge in [0, 0.05) is 13.1 Å². The zero-order valence-corrected chi connectivity index (χ0v) is 12.8. The maximum Gasteiger partial charge on any atom is 0.333 e. The molecule has 0 atom stereocenters. The number of hydrogen-bond acceptors (Lipinski definition) is 5. The molecule has 0 aromatic heterocycles. The van der Waals surface area contributed by atoms with Crippen LogP contribution in [0.5, 0.6) is 0 Å². The molecule has 1 aromatic rings. The van der Waals surface area contributed by atoms with E-state index in [-0.39, 0.29) is 17.9 Å². The summed E-state index contributed by atoms with van der Waals surface area (Å²) in [5.41, 5.74) is -1.55. The molecule has 0 unspecified atom stereocenters. The van der Waals surface area contributed by atoms with Gasteiger partial charge in [-0.15, -0.1) is 4.91 Å². The number of carbonyl (C=O) groups excluding carboxylic acids is 2. The highest BCUT2D eigenvalue weighted by Crippen LogP contribution is 2.27. The van der Waals surface area contributed by atoms with Crippen molar-refractivity contribution < 1.29 is 18.7 Å². The van der Waals surface area contributed by atoms with Gasteiger partial charge in [-0.1, -0.05) is 0 Å². The van der Waals surface area contributed by atoms with Crippen LogP contribution in [0.4, 0.5) is 10.1 Å². The highest BCUT2D eigenvalue weighted by molar-refractivity contribution is 5.94. The van der Waals surface area contributed by atoms with Crippen molar-refractivity contribution in [1.29, 1.82) is 0 Å². The van der Waals surface area contributed by atoms with Crippen molar-refractivity contribution in [2.24, 2.45) is 5.29 Å². The summed E-state index contributed by atoms with van der Waals surface area (Å²) in [5.74, 6) is -2.10. The molecule has 22 heavy (non-hydrogen) atoms. The van der Waals surface area contributed by atoms with Crippen LogP contribution in [0.3, 0.4) is 0 Å². The van der Waals surface area contributed by atoms with E-state index in [9.17, 15) is 18.9 Å². The maximum absolute atomic E-state index is 14.0. The van der Waals surface area contributed by atoms with E-state index in [0.717, 1.165) is 11.1 Å². The number of halogens is 1. The lowest BCUT2D eigenvalue weighted by Gasteiger charge is -2.31. The normalized spacial score (nSPS) is 10.8. The van der Waals surface area contributed by atoms with E-state index in [1.165, 1.54) is 33.0 Å². The lowest BCUT2D eigenvalue weighted by Crippen LogP contribution is -2.48. The molecule has 120 valence electrons. The first kappa shape index (κ1) is 17.5. The molecule has 7 nitrogen and oxygen atoms in total. The molecule has 1 rings (SSSR count). The summed E-state index contributed by atoms with van der Waals surface area (Å²) in [5, 5.41) is 5.89. The second kappa shape index (κ2) is 6.97. The number of carbonyl (C=O) groups is 2. The van der Waals surface area contributed by atoms with Crippen molar-refractivity contribution in [3.05, 3.63) is 34.5 Å². The number of anilines is 1. The van der Waals surface area contributed by atoms with E-state index in [4.69, 9.17) is 4.74 Å². The van der Waals surface area contributed by atoms with Gasteiger partial charge in [0.05, 0.1) is 23.1 Å². The summed E-state index contributed by atoms with van der Waals surface area (Å²) >= 11 is 0. The number of hydrogen-bond donors (Lipinski definition) is 1. The average Bonchev–Trinajstić information content (AvgIpc) is 2.47. The molecule has 0 radical (unpaired) electrons. The molecule has 0 fully saturated rings. The number of esters is 1. The lowest BCUT2D eigenvalue weighted by molar-refractivity contribution is -0.148. The number of nitrogens with one attached hydrogen (secondary N) is 1. The van der Waals surface area contributed by atoms with Crippen LogP contribution in [0.25, 0.3) is 0 Å². The van der Waals surface area contributed by atoms with Crippen LogP contribution in [0, 0.1) is 10.7 Å². The Morgan fingerprint density at radius 3 is 2.50 bits per heavy atom. The highest BCUT2D eigenvalue weighted by atomic mass is 19.1. The smallest absolute Gasteiger partial charge is 0.333 e. The first-order valence-corrected chi connectivity index (χ1v) is 6.61. The topological polar surface area (TPSA) is 88.1 Å². The molecule has 1 aromatic carbocycles. The van der Waals surface area contributed by atoms with E-state index in [0.29, 0.717) is 0 Å². The third-order valence-corrected chi connectivity index (χ3v) is 3.06. The monoisotopic (exact) mass is 311 g/mol. The predicted molar refractivity (Wildman–Crippen MR) is 78.8 cm³/mol. The molecule has 0 aliphatic rings. The molecule has 0 bridgehead atoms. The molecular weight excluding hydrogens is 293 g/mol. The van der Waals surface area contributed by atoms with E-state index in [1.807, 2.05) is 0 Å². The van der Waals surface area contributed by atoms with Gasteiger partial charge < -0.3 is 10.1 Å². The van der Waals surface area contributed by atoms with E-state index in [1.54, 1.807) is 6.92 Å². The van der Waals surface area contributed by atoms with Crippen LogP contribution < -0.4 is 10.3 Å². The van der Waals surface area contributed by atoms with Crippen molar-refractivity contribution in [3.8, 4) is 0 Å². The van der Waals surface area contributed by atoms with Gasteiger partial charge in [0.1, 0.15) is 5.82 Å². The Labute approximate surface area is 127 Å². The maximum atomic E-state index is 14.0. The molecule has 0 saturated carbocycles. The fourth-order valence-corrected chi connectivity index (χ4v) is 1.82. The van der Waals surface area contributed by atoms with E-state index in [2.05, 4.69) is 10.6 Å². The van der Waals surface area contributed by atoms with Gasteiger partial charge in [-0.05, 0) is 32.9 Å². The lowest BCUT2D eigenvalue weighted by atomic mass is 10.0. The average molecular weight is 311 g/mol. The number of benzene rings is 1. The Balaban J connectivity index is 3.21. The van der Waals surface area contributed by atoms with Gasteiger partial charge in [-0.2, -0.15) is 0 Å². The van der Waals surface area contributed by atoms with E-state index >= 15 is 0 Å². The third-order valence-electron chi connectivity index (χ3n) is 3.06. The van der Waals surface area contributed by atoms with Crippen LogP contribution in [0.2, 0.25) is 0 Å². The van der Waals surface area contributed by atoms with Crippen LogP contribution in [-0.4, -0.2) is 31.1 Å². The fourth-order valence-electron chi connectivity index (χ4n) is 1.82. The summed E-state index contributed by atoms with van der Waals surface area (Å²) < 4.78 is 18.9. The molecular formula is C14H18FN3O4. The van der Waals surface area contributed by atoms with Gasteiger partial charge in [0.25, 0.3) is 5.91 Å². The SMILES string of the molecule is CCOC(=O)C(C)(C)N(N=O)c1ccc(C(=O)NC)c(F)c1. The van der Waals surface area contributed by atoms with Crippen LogP contribution in [0.15, 0.2) is 23.5 Å². The first-order valence-electron chi connectivity index (χ1n) is 6.61. The zero-order valence-electron chi connectivity index (χ0n) is 12.8. The van der Waals surface area contributed by atoms with Crippen LogP contribution in [-0.2, 0) is 9.53 Å². The number of nitrogens with zero attached hydrogens (tertiary/aromatic N) is 2. The molecule has 0 spiro atoms. The van der Waals surface area contributed by atoms with Gasteiger partial charge in [-0.3, -0.25) is 4.79 Å². The van der Waals surface area contributed by atoms with E-state index < -0.39 is 23.2 Å². The number of amides is 1. The minimum Gasteiger partial charge on any atom is -0.464 e. The fraction of sp³-hybridized carbons (Fsp3) is 0.429. The quantitative estimate of drug-likeness (QED) is 0.493. The summed E-state index contributed by atoms with van der Waals surface area (Å²) in [6.45, 7) is 4.62. The summed E-state index contributed by atoms with van der Waals surface area (Å²) in [6.07, 6.45) is 0. The Morgan fingerprint density at radius 2 is 2.05 bits per heavy atom. The number of rotatable bonds is 6. The zero-order chi connectivity index (χ0) is 16.9. The Morgan fingerprint density at radius 1 is 1.41 bits per heavy atom. The Hall–Kier alpha value is -2.51. The molecule has 8 heteroatoms. The molecule has 0 aliphatic heterocycles. The molecule has 1 amide bonds. The Kier molecular flexibility index (Phi) is 5.56. The Bertz CT molecular complexity index is 589. The summed E-state index contributed by atoms with van der Waals surface area (Å²) in [7, 11) is 1.37. The molecule has 0 saturated heterocycles. The third kappa shape index (κ3) is 3.38. The second-order valence-corrected chi connectivity index (χ2v) is 4.92. The van der Waals surface area contributed by atoms with Gasteiger partial charge in [0.15, 0.2) is 5.54 Å². The first-order chi connectivity index (χ1) is 10.3. The standard InChI is InChI=1S/C14H18FN3O4/c1-5-22-13(20)14(2,3)18(17-21)9-6-7-10(11(15)8-9)12(19)16-4/h6-8H,5H2,1-4H3,(H,16,19). The number of nitroso groups, excluding NO2 is 1.